The summed E-state index contributed by atoms with van der Waals surface area (Å²) in [6.07, 6.45) is 0.445. The molecule has 1 atom stereocenters. The molecule has 0 aliphatic carbocycles. The largest absolute Gasteiger partial charge is 0.295 e. The topological polar surface area (TPSA) is 37.4 Å². The number of hydrogen-bond donors (Lipinski definition) is 0. The van der Waals surface area contributed by atoms with Crippen LogP contribution in [0.1, 0.15) is 31.0 Å². The number of aldehydes is 1. The van der Waals surface area contributed by atoms with Gasteiger partial charge in [0.25, 0.3) is 0 Å². The van der Waals surface area contributed by atoms with Gasteiger partial charge in [-0.3, -0.25) is 14.5 Å². The maximum atomic E-state index is 11.9. The maximum absolute atomic E-state index is 11.9. The Morgan fingerprint density at radius 1 is 1.47 bits per heavy atom. The van der Waals surface area contributed by atoms with Crippen molar-refractivity contribution in [1.82, 2.24) is 4.90 Å². The van der Waals surface area contributed by atoms with E-state index in [0.717, 1.165) is 29.5 Å². The molecule has 1 aliphatic heterocycles. The van der Waals surface area contributed by atoms with Crippen molar-refractivity contribution in [3.8, 4) is 0 Å². The Balaban J connectivity index is 2.31. The molecule has 102 valence electrons. The van der Waals surface area contributed by atoms with E-state index in [0.29, 0.717) is 6.29 Å². The number of ketones is 1. The summed E-state index contributed by atoms with van der Waals surface area (Å²) in [5.41, 5.74) is 2.18. The molecule has 0 radical (unpaired) electrons. The summed E-state index contributed by atoms with van der Waals surface area (Å²) < 4.78 is 0. The molecule has 0 N–H and O–H groups in total. The summed E-state index contributed by atoms with van der Waals surface area (Å²) >= 11 is 3.51. The first-order valence-electron chi connectivity index (χ1n) is 6.35. The summed E-state index contributed by atoms with van der Waals surface area (Å²) in [6.45, 7) is 5.80. The highest BCUT2D eigenvalue weighted by molar-refractivity contribution is 9.09. The van der Waals surface area contributed by atoms with E-state index in [9.17, 15) is 9.59 Å². The molecular formula is C15H18BrNO2. The summed E-state index contributed by atoms with van der Waals surface area (Å²) in [5, 5.41) is 0.856. The molecule has 1 aromatic rings. The Bertz CT molecular complexity index is 499. The molecule has 4 heteroatoms. The summed E-state index contributed by atoms with van der Waals surface area (Å²) in [7, 11) is 0. The number of alkyl halides is 1. The molecule has 0 fully saturated rings. The van der Waals surface area contributed by atoms with Gasteiger partial charge in [-0.05, 0) is 16.5 Å². The molecule has 0 aromatic heterocycles. The summed E-state index contributed by atoms with van der Waals surface area (Å²) in [5.74, 6) is -0.352. The van der Waals surface area contributed by atoms with Gasteiger partial charge in [-0.15, -0.1) is 0 Å². The molecule has 1 aliphatic rings. The third kappa shape index (κ3) is 2.95. The third-order valence-electron chi connectivity index (χ3n) is 3.47. The van der Waals surface area contributed by atoms with Gasteiger partial charge in [-0.1, -0.05) is 54.0 Å². The molecule has 0 saturated carbocycles. The molecule has 19 heavy (non-hydrogen) atoms. The molecular weight excluding hydrogens is 306 g/mol. The van der Waals surface area contributed by atoms with E-state index in [2.05, 4.69) is 34.7 Å². The second kappa shape index (κ2) is 5.55. The summed E-state index contributed by atoms with van der Waals surface area (Å²) in [6, 6.07) is 7.46. The fourth-order valence-electron chi connectivity index (χ4n) is 2.59. The van der Waals surface area contributed by atoms with E-state index in [1.54, 1.807) is 0 Å². The highest BCUT2D eigenvalue weighted by Crippen LogP contribution is 2.36. The van der Waals surface area contributed by atoms with Crippen LogP contribution in [0.15, 0.2) is 24.3 Å². The summed E-state index contributed by atoms with van der Waals surface area (Å²) in [4.78, 5) is 24.9. The number of carbonyl (C=O) groups excluding carboxylic acids is 2. The molecule has 0 bridgehead atoms. The minimum absolute atomic E-state index is 0.0590. The van der Waals surface area contributed by atoms with Crippen LogP contribution in [0, 0.1) is 5.41 Å². The van der Waals surface area contributed by atoms with Crippen molar-refractivity contribution < 1.29 is 9.59 Å². The number of benzene rings is 1. The maximum Gasteiger partial charge on any atom is 0.216 e. The highest BCUT2D eigenvalue weighted by Gasteiger charge is 2.37. The van der Waals surface area contributed by atoms with Gasteiger partial charge < -0.3 is 0 Å². The first-order chi connectivity index (χ1) is 8.98. The quantitative estimate of drug-likeness (QED) is 0.475. The van der Waals surface area contributed by atoms with Gasteiger partial charge in [0, 0.05) is 18.4 Å². The Hall–Kier alpha value is -1.00. The van der Waals surface area contributed by atoms with Gasteiger partial charge in [0.1, 0.15) is 6.04 Å². The molecule has 2 rings (SSSR count). The number of halogens is 1. The Morgan fingerprint density at radius 3 is 2.79 bits per heavy atom. The van der Waals surface area contributed by atoms with E-state index in [-0.39, 0.29) is 11.2 Å². The average Bonchev–Trinajstić information content (AvgIpc) is 2.75. The number of nitrogens with zero attached hydrogens (tertiary/aromatic N) is 1. The van der Waals surface area contributed by atoms with Crippen LogP contribution in [-0.2, 0) is 16.1 Å². The zero-order chi connectivity index (χ0) is 14.0. The van der Waals surface area contributed by atoms with E-state index < -0.39 is 6.04 Å². The molecule has 1 aromatic carbocycles. The molecule has 0 spiro atoms. The van der Waals surface area contributed by atoms with E-state index >= 15 is 0 Å². The van der Waals surface area contributed by atoms with Gasteiger partial charge in [0.2, 0.25) is 5.78 Å². The van der Waals surface area contributed by atoms with Crippen molar-refractivity contribution in [2.24, 2.45) is 5.41 Å². The van der Waals surface area contributed by atoms with Gasteiger partial charge in [0.05, 0.1) is 0 Å². The fourth-order valence-corrected chi connectivity index (χ4v) is 2.77. The van der Waals surface area contributed by atoms with Crippen LogP contribution in [0.2, 0.25) is 0 Å². The lowest BCUT2D eigenvalue weighted by molar-refractivity contribution is -0.133. The number of Topliss-reactive ketones (excluding diaryl/α,β-unsaturated/α-hetero) is 1. The smallest absolute Gasteiger partial charge is 0.216 e. The van der Waals surface area contributed by atoms with Crippen LogP contribution < -0.4 is 0 Å². The van der Waals surface area contributed by atoms with Crippen molar-refractivity contribution in [3.05, 3.63) is 35.4 Å². The highest BCUT2D eigenvalue weighted by atomic mass is 79.9. The first kappa shape index (κ1) is 14.4. The van der Waals surface area contributed by atoms with Crippen LogP contribution >= 0.6 is 15.9 Å². The Kier molecular flexibility index (Phi) is 4.21. The predicted molar refractivity (Wildman–Crippen MR) is 78.2 cm³/mol. The second-order valence-electron chi connectivity index (χ2n) is 5.82. The standard InChI is InChI=1S/C15H18BrNO2/c1-15(2,9-16)10-17-7-11-5-3-4-6-12(11)14(17)13(19)8-18/h3-6,8,14H,7,9-10H2,1-2H3. The number of carbonyl (C=O) groups is 2. The minimum atomic E-state index is -0.410. The molecule has 0 amide bonds. The van der Waals surface area contributed by atoms with Crippen molar-refractivity contribution in [1.29, 1.82) is 0 Å². The predicted octanol–water partition coefficient (Wildman–Crippen LogP) is 2.73. The van der Waals surface area contributed by atoms with Crippen LogP contribution in [-0.4, -0.2) is 28.8 Å². The van der Waals surface area contributed by atoms with Crippen molar-refractivity contribution in [3.63, 3.8) is 0 Å². The van der Waals surface area contributed by atoms with Crippen LogP contribution in [0.25, 0.3) is 0 Å². The zero-order valence-electron chi connectivity index (χ0n) is 11.2. The van der Waals surface area contributed by atoms with E-state index in [4.69, 9.17) is 0 Å². The normalized spacial score (nSPS) is 19.2. The van der Waals surface area contributed by atoms with Crippen LogP contribution in [0.3, 0.4) is 0 Å². The lowest BCUT2D eigenvalue weighted by Crippen LogP contribution is -2.37. The molecule has 3 nitrogen and oxygen atoms in total. The van der Waals surface area contributed by atoms with Crippen LogP contribution in [0.4, 0.5) is 0 Å². The number of fused-ring (bicyclic) bond motifs is 1. The SMILES string of the molecule is CC(C)(CBr)CN1Cc2ccccc2C1C(=O)C=O. The third-order valence-corrected chi connectivity index (χ3v) is 4.98. The van der Waals surface area contributed by atoms with Gasteiger partial charge in [-0.25, -0.2) is 0 Å². The lowest BCUT2D eigenvalue weighted by Gasteiger charge is -2.31. The second-order valence-corrected chi connectivity index (χ2v) is 6.39. The van der Waals surface area contributed by atoms with Gasteiger partial charge >= 0.3 is 0 Å². The van der Waals surface area contributed by atoms with Crippen molar-refractivity contribution >= 4 is 28.0 Å². The van der Waals surface area contributed by atoms with Crippen molar-refractivity contribution in [2.75, 3.05) is 11.9 Å². The molecule has 1 unspecified atom stereocenters. The number of rotatable bonds is 5. The zero-order valence-corrected chi connectivity index (χ0v) is 12.8. The lowest BCUT2D eigenvalue weighted by atomic mass is 9.94. The van der Waals surface area contributed by atoms with Crippen LogP contribution in [0.5, 0.6) is 0 Å². The van der Waals surface area contributed by atoms with Gasteiger partial charge in [0.15, 0.2) is 6.29 Å². The van der Waals surface area contributed by atoms with E-state index in [1.807, 2.05) is 24.3 Å². The molecule has 0 saturated heterocycles. The monoisotopic (exact) mass is 323 g/mol. The average molecular weight is 324 g/mol. The first-order valence-corrected chi connectivity index (χ1v) is 7.47. The van der Waals surface area contributed by atoms with Crippen molar-refractivity contribution in [2.45, 2.75) is 26.4 Å². The molecule has 1 heterocycles. The van der Waals surface area contributed by atoms with E-state index in [1.165, 1.54) is 0 Å². The Morgan fingerprint density at radius 2 is 2.16 bits per heavy atom. The van der Waals surface area contributed by atoms with Gasteiger partial charge in [-0.2, -0.15) is 0 Å². The Labute approximate surface area is 122 Å². The minimum Gasteiger partial charge on any atom is -0.295 e. The number of hydrogen-bond acceptors (Lipinski definition) is 3. The fraction of sp³-hybridized carbons (Fsp3) is 0.467.